The Morgan fingerprint density at radius 1 is 1.57 bits per heavy atom. The van der Waals surface area contributed by atoms with Crippen molar-refractivity contribution in [3.63, 3.8) is 0 Å². The molecule has 0 aliphatic heterocycles. The van der Waals surface area contributed by atoms with E-state index in [0.717, 1.165) is 22.8 Å². The molecule has 0 atom stereocenters. The fourth-order valence-electron chi connectivity index (χ4n) is 1.38. The molecule has 0 aliphatic rings. The van der Waals surface area contributed by atoms with Gasteiger partial charge in [-0.05, 0) is 13.3 Å². The number of thiazole rings is 1. The molecular weight excluding hydrogens is 218 g/mol. The molecule has 3 nitrogen and oxygen atoms in total. The van der Waals surface area contributed by atoms with Gasteiger partial charge in [0.1, 0.15) is 5.15 Å². The monoisotopic (exact) mass is 227 g/mol. The van der Waals surface area contributed by atoms with E-state index < -0.39 is 0 Å². The van der Waals surface area contributed by atoms with E-state index in [-0.39, 0.29) is 0 Å². The van der Waals surface area contributed by atoms with Crippen LogP contribution in [-0.4, -0.2) is 14.8 Å². The summed E-state index contributed by atoms with van der Waals surface area (Å²) in [6.07, 6.45) is 2.65. The van der Waals surface area contributed by atoms with Crippen LogP contribution in [-0.2, 0) is 6.42 Å². The minimum atomic E-state index is 0.681. The van der Waals surface area contributed by atoms with Crippen molar-refractivity contribution >= 4 is 22.9 Å². The summed E-state index contributed by atoms with van der Waals surface area (Å²) < 4.78 is 1.69. The molecule has 0 amide bonds. The van der Waals surface area contributed by atoms with Crippen LogP contribution < -0.4 is 0 Å². The number of nitrogens with zero attached hydrogens (tertiary/aromatic N) is 3. The number of halogens is 1. The molecule has 0 fully saturated rings. The first-order valence-electron chi connectivity index (χ1n) is 4.38. The summed E-state index contributed by atoms with van der Waals surface area (Å²) in [5.74, 6) is 0. The molecule has 5 heteroatoms. The fraction of sp³-hybridized carbons (Fsp3) is 0.333. The molecule has 0 aliphatic carbocycles. The predicted molar refractivity (Wildman–Crippen MR) is 58.4 cm³/mol. The molecule has 0 bridgehead atoms. The molecule has 2 aromatic rings. The van der Waals surface area contributed by atoms with Gasteiger partial charge in [-0.15, -0.1) is 11.3 Å². The highest BCUT2D eigenvalue weighted by Gasteiger charge is 2.13. The lowest BCUT2D eigenvalue weighted by Crippen LogP contribution is -1.95. The second-order valence-electron chi connectivity index (χ2n) is 2.93. The molecule has 74 valence electrons. The van der Waals surface area contributed by atoms with Crippen LogP contribution in [0.3, 0.4) is 0 Å². The zero-order valence-corrected chi connectivity index (χ0v) is 9.56. The summed E-state index contributed by atoms with van der Waals surface area (Å²) in [6.45, 7) is 4.04. The van der Waals surface area contributed by atoms with Gasteiger partial charge in [-0.25, -0.2) is 4.98 Å². The Bertz CT molecular complexity index is 433. The number of aryl methyl sites for hydroxylation is 1. The number of rotatable bonds is 2. The first-order valence-corrected chi connectivity index (χ1v) is 5.63. The smallest absolute Gasteiger partial charge is 0.211 e. The van der Waals surface area contributed by atoms with Crippen LogP contribution in [0.25, 0.3) is 5.13 Å². The maximum absolute atomic E-state index is 6.19. The molecule has 0 saturated heterocycles. The first kappa shape index (κ1) is 9.68. The average molecular weight is 228 g/mol. The molecule has 0 N–H and O–H groups in total. The Balaban J connectivity index is 2.55. The Morgan fingerprint density at radius 2 is 2.36 bits per heavy atom. The second kappa shape index (κ2) is 3.71. The van der Waals surface area contributed by atoms with Crippen molar-refractivity contribution in [2.75, 3.05) is 0 Å². The topological polar surface area (TPSA) is 30.7 Å². The average Bonchev–Trinajstić information content (AvgIpc) is 2.74. The molecule has 0 radical (unpaired) electrons. The highest BCUT2D eigenvalue weighted by Crippen LogP contribution is 2.24. The van der Waals surface area contributed by atoms with Crippen molar-refractivity contribution in [3.05, 3.63) is 28.0 Å². The van der Waals surface area contributed by atoms with Gasteiger partial charge in [0.05, 0.1) is 5.69 Å². The Kier molecular flexibility index (Phi) is 2.56. The Labute approximate surface area is 91.4 Å². The molecular formula is C9H10ClN3S. The van der Waals surface area contributed by atoms with E-state index in [2.05, 4.69) is 17.0 Å². The van der Waals surface area contributed by atoms with Gasteiger partial charge in [0, 0.05) is 17.1 Å². The maximum Gasteiger partial charge on any atom is 0.211 e. The summed E-state index contributed by atoms with van der Waals surface area (Å²) >= 11 is 7.72. The molecule has 2 aromatic heterocycles. The van der Waals surface area contributed by atoms with Crippen molar-refractivity contribution in [1.82, 2.24) is 14.8 Å². The predicted octanol–water partition coefficient (Wildman–Crippen LogP) is 2.85. The van der Waals surface area contributed by atoms with E-state index in [1.54, 1.807) is 10.9 Å². The normalized spacial score (nSPS) is 10.8. The third-order valence-corrected chi connectivity index (χ3v) is 3.21. The lowest BCUT2D eigenvalue weighted by atomic mass is 10.2. The van der Waals surface area contributed by atoms with Crippen molar-refractivity contribution in [2.45, 2.75) is 20.3 Å². The van der Waals surface area contributed by atoms with E-state index in [1.807, 2.05) is 12.3 Å². The molecule has 2 heterocycles. The zero-order chi connectivity index (χ0) is 10.1. The minimum absolute atomic E-state index is 0.681. The van der Waals surface area contributed by atoms with Crippen LogP contribution in [0.1, 0.15) is 18.2 Å². The van der Waals surface area contributed by atoms with Gasteiger partial charge in [-0.3, -0.25) is 0 Å². The highest BCUT2D eigenvalue weighted by atomic mass is 35.5. The largest absolute Gasteiger partial charge is 0.227 e. The first-order chi connectivity index (χ1) is 6.74. The van der Waals surface area contributed by atoms with Crippen LogP contribution in [0.2, 0.25) is 5.15 Å². The van der Waals surface area contributed by atoms with E-state index in [1.165, 1.54) is 11.3 Å². The van der Waals surface area contributed by atoms with Crippen LogP contribution in [0.15, 0.2) is 11.6 Å². The Morgan fingerprint density at radius 3 is 2.86 bits per heavy atom. The van der Waals surface area contributed by atoms with E-state index >= 15 is 0 Å². The van der Waals surface area contributed by atoms with Crippen LogP contribution >= 0.6 is 22.9 Å². The van der Waals surface area contributed by atoms with Gasteiger partial charge >= 0.3 is 0 Å². The summed E-state index contributed by atoms with van der Waals surface area (Å²) in [5, 5.41) is 7.77. The maximum atomic E-state index is 6.19. The van der Waals surface area contributed by atoms with Crippen molar-refractivity contribution in [1.29, 1.82) is 0 Å². The molecule has 2 rings (SSSR count). The van der Waals surface area contributed by atoms with Crippen molar-refractivity contribution < 1.29 is 0 Å². The van der Waals surface area contributed by atoms with Crippen LogP contribution in [0.4, 0.5) is 0 Å². The summed E-state index contributed by atoms with van der Waals surface area (Å²) in [7, 11) is 0. The van der Waals surface area contributed by atoms with Gasteiger partial charge in [0.25, 0.3) is 0 Å². The lowest BCUT2D eigenvalue weighted by Gasteiger charge is -1.96. The third-order valence-electron chi connectivity index (χ3n) is 2.08. The summed E-state index contributed by atoms with van der Waals surface area (Å²) in [6, 6.07) is 0. The molecule has 0 saturated carbocycles. The molecule has 0 unspecified atom stereocenters. The SMILES string of the molecule is CCc1c(C)nn(-c2nccs2)c1Cl. The van der Waals surface area contributed by atoms with Crippen molar-refractivity contribution in [2.24, 2.45) is 0 Å². The number of hydrogen-bond acceptors (Lipinski definition) is 3. The van der Waals surface area contributed by atoms with Crippen LogP contribution in [0.5, 0.6) is 0 Å². The van der Waals surface area contributed by atoms with Crippen LogP contribution in [0, 0.1) is 6.92 Å². The molecule has 14 heavy (non-hydrogen) atoms. The zero-order valence-electron chi connectivity index (χ0n) is 7.99. The second-order valence-corrected chi connectivity index (χ2v) is 4.17. The highest BCUT2D eigenvalue weighted by molar-refractivity contribution is 7.12. The van der Waals surface area contributed by atoms with Crippen molar-refractivity contribution in [3.8, 4) is 5.13 Å². The summed E-state index contributed by atoms with van der Waals surface area (Å²) in [5.41, 5.74) is 2.08. The quantitative estimate of drug-likeness (QED) is 0.790. The molecule has 0 aromatic carbocycles. The van der Waals surface area contributed by atoms with E-state index in [0.29, 0.717) is 5.15 Å². The van der Waals surface area contributed by atoms with E-state index in [9.17, 15) is 0 Å². The third kappa shape index (κ3) is 1.44. The van der Waals surface area contributed by atoms with Gasteiger partial charge in [0.15, 0.2) is 0 Å². The standard InChI is InChI=1S/C9H10ClN3S/c1-3-7-6(2)12-13(8(7)10)9-11-4-5-14-9/h4-5H,3H2,1-2H3. The van der Waals surface area contributed by atoms with E-state index in [4.69, 9.17) is 11.6 Å². The van der Waals surface area contributed by atoms with Gasteiger partial charge in [-0.1, -0.05) is 18.5 Å². The summed E-state index contributed by atoms with van der Waals surface area (Å²) in [4.78, 5) is 4.17. The number of hydrogen-bond donors (Lipinski definition) is 0. The molecule has 0 spiro atoms. The van der Waals surface area contributed by atoms with Gasteiger partial charge in [-0.2, -0.15) is 9.78 Å². The lowest BCUT2D eigenvalue weighted by molar-refractivity contribution is 0.854. The van der Waals surface area contributed by atoms with Gasteiger partial charge < -0.3 is 0 Å². The number of aromatic nitrogens is 3. The van der Waals surface area contributed by atoms with Gasteiger partial charge in [0.2, 0.25) is 5.13 Å². The fourth-order valence-corrected chi connectivity index (χ4v) is 2.42. The minimum Gasteiger partial charge on any atom is -0.227 e. The Hall–Kier alpha value is -0.870.